The van der Waals surface area contributed by atoms with Gasteiger partial charge < -0.3 is 15.3 Å². The lowest BCUT2D eigenvalue weighted by molar-refractivity contribution is -0.121. The molecule has 0 aromatic heterocycles. The van der Waals surface area contributed by atoms with E-state index in [0.717, 1.165) is 12.8 Å². The van der Waals surface area contributed by atoms with Crippen LogP contribution in [0, 0.1) is 5.41 Å². The van der Waals surface area contributed by atoms with Crippen LogP contribution in [0.5, 0.6) is 0 Å². The van der Waals surface area contributed by atoms with E-state index in [0.29, 0.717) is 12.1 Å². The fourth-order valence-electron chi connectivity index (χ4n) is 2.00. The molecule has 1 aromatic carbocycles. The molecule has 0 radical (unpaired) electrons. The third kappa shape index (κ3) is 3.57. The summed E-state index contributed by atoms with van der Waals surface area (Å²) < 4.78 is 0. The van der Waals surface area contributed by atoms with Crippen LogP contribution in [-0.4, -0.2) is 48.6 Å². The highest BCUT2D eigenvalue weighted by Gasteiger charge is 2.42. The Hall–Kier alpha value is -1.88. The number of rotatable bonds is 6. The van der Waals surface area contributed by atoms with Crippen LogP contribution >= 0.6 is 0 Å². The Labute approximate surface area is 118 Å². The number of likely N-dealkylation sites (N-methyl/N-ethyl adjacent to an activating group) is 1. The van der Waals surface area contributed by atoms with E-state index in [4.69, 9.17) is 0 Å². The van der Waals surface area contributed by atoms with Crippen LogP contribution in [0.4, 0.5) is 0 Å². The van der Waals surface area contributed by atoms with E-state index >= 15 is 0 Å². The number of carbonyl (C=O) groups excluding carboxylic acids is 2. The van der Waals surface area contributed by atoms with Crippen molar-refractivity contribution in [1.82, 2.24) is 10.2 Å². The van der Waals surface area contributed by atoms with Gasteiger partial charge in [0.25, 0.3) is 5.91 Å². The van der Waals surface area contributed by atoms with Crippen molar-refractivity contribution in [2.75, 3.05) is 26.7 Å². The average Bonchev–Trinajstić information content (AvgIpc) is 3.26. The van der Waals surface area contributed by atoms with Crippen LogP contribution in [0.2, 0.25) is 0 Å². The van der Waals surface area contributed by atoms with Gasteiger partial charge in [-0.1, -0.05) is 18.2 Å². The molecule has 1 aromatic rings. The molecule has 5 nitrogen and oxygen atoms in total. The molecule has 20 heavy (non-hydrogen) atoms. The number of hydrogen-bond donors (Lipinski definition) is 2. The lowest BCUT2D eigenvalue weighted by Gasteiger charge is -2.18. The summed E-state index contributed by atoms with van der Waals surface area (Å²) in [6.45, 7) is 0.608. The van der Waals surface area contributed by atoms with Crippen molar-refractivity contribution < 1.29 is 14.7 Å². The Morgan fingerprint density at radius 2 is 1.95 bits per heavy atom. The van der Waals surface area contributed by atoms with E-state index in [1.807, 2.05) is 6.07 Å². The van der Waals surface area contributed by atoms with Gasteiger partial charge in [0.15, 0.2) is 0 Å². The van der Waals surface area contributed by atoms with Gasteiger partial charge in [0.2, 0.25) is 5.91 Å². The first-order chi connectivity index (χ1) is 9.56. The predicted octanol–water partition coefficient (Wildman–Crippen LogP) is 0.647. The normalized spacial score (nSPS) is 15.5. The number of benzene rings is 1. The number of aliphatic hydroxyl groups excluding tert-OH is 1. The third-order valence-electron chi connectivity index (χ3n) is 3.70. The highest BCUT2D eigenvalue weighted by molar-refractivity contribution is 5.96. The van der Waals surface area contributed by atoms with Crippen molar-refractivity contribution in [3.8, 4) is 0 Å². The van der Waals surface area contributed by atoms with E-state index in [1.54, 1.807) is 31.3 Å². The van der Waals surface area contributed by atoms with Crippen LogP contribution in [-0.2, 0) is 4.79 Å². The third-order valence-corrected chi connectivity index (χ3v) is 3.70. The molecule has 0 heterocycles. The van der Waals surface area contributed by atoms with E-state index in [1.165, 1.54) is 4.90 Å². The van der Waals surface area contributed by atoms with Crippen molar-refractivity contribution in [2.24, 2.45) is 5.41 Å². The Kier molecular flexibility index (Phi) is 4.39. The summed E-state index contributed by atoms with van der Waals surface area (Å²) in [5.41, 5.74) is 0.453. The monoisotopic (exact) mass is 276 g/mol. The summed E-state index contributed by atoms with van der Waals surface area (Å²) in [4.78, 5) is 25.2. The fourth-order valence-corrected chi connectivity index (χ4v) is 2.00. The fraction of sp³-hybridized carbons (Fsp3) is 0.467. The molecule has 0 bridgehead atoms. The maximum atomic E-state index is 12.1. The average molecular weight is 276 g/mol. The molecule has 1 aliphatic carbocycles. The van der Waals surface area contributed by atoms with Gasteiger partial charge in [0.1, 0.15) is 0 Å². The lowest BCUT2D eigenvalue weighted by atomic mass is 10.1. The highest BCUT2D eigenvalue weighted by Crippen LogP contribution is 2.44. The molecule has 0 aliphatic heterocycles. The van der Waals surface area contributed by atoms with Crippen molar-refractivity contribution in [1.29, 1.82) is 0 Å². The smallest absolute Gasteiger partial charge is 0.254 e. The largest absolute Gasteiger partial charge is 0.396 e. The van der Waals surface area contributed by atoms with Crippen LogP contribution in [0.3, 0.4) is 0 Å². The van der Waals surface area contributed by atoms with Gasteiger partial charge in [-0.15, -0.1) is 0 Å². The van der Waals surface area contributed by atoms with Crippen molar-refractivity contribution in [3.63, 3.8) is 0 Å². The molecular formula is C15H20N2O3. The van der Waals surface area contributed by atoms with Gasteiger partial charge in [-0.3, -0.25) is 9.59 Å². The highest BCUT2D eigenvalue weighted by atomic mass is 16.3. The molecule has 0 spiro atoms. The van der Waals surface area contributed by atoms with E-state index in [-0.39, 0.29) is 30.4 Å². The number of carbonyl (C=O) groups is 2. The standard InChI is InChI=1S/C15H20N2O3/c1-17(14(20)12-5-3-2-4-6-12)9-13(19)16-10-15(11-18)7-8-15/h2-6,18H,7-11H2,1H3,(H,16,19). The van der Waals surface area contributed by atoms with Crippen LogP contribution in [0.1, 0.15) is 23.2 Å². The van der Waals surface area contributed by atoms with Crippen LogP contribution in [0.15, 0.2) is 30.3 Å². The Balaban J connectivity index is 1.80. The number of amides is 2. The molecule has 1 aliphatic rings. The van der Waals surface area contributed by atoms with E-state index in [9.17, 15) is 14.7 Å². The second-order valence-corrected chi connectivity index (χ2v) is 5.46. The van der Waals surface area contributed by atoms with Gasteiger partial charge in [0, 0.05) is 24.6 Å². The van der Waals surface area contributed by atoms with Crippen LogP contribution in [0.25, 0.3) is 0 Å². The minimum absolute atomic E-state index is 0.0231. The maximum Gasteiger partial charge on any atom is 0.254 e. The Bertz CT molecular complexity index is 483. The predicted molar refractivity (Wildman–Crippen MR) is 75.2 cm³/mol. The molecule has 2 amide bonds. The summed E-state index contributed by atoms with van der Waals surface area (Å²) in [7, 11) is 1.61. The van der Waals surface area contributed by atoms with Crippen molar-refractivity contribution >= 4 is 11.8 Å². The second-order valence-electron chi connectivity index (χ2n) is 5.46. The molecule has 2 N–H and O–H groups in total. The quantitative estimate of drug-likeness (QED) is 0.801. The van der Waals surface area contributed by atoms with Gasteiger partial charge in [-0.2, -0.15) is 0 Å². The molecule has 108 valence electrons. The van der Waals surface area contributed by atoms with Gasteiger partial charge in [-0.05, 0) is 25.0 Å². The first-order valence-corrected chi connectivity index (χ1v) is 6.74. The van der Waals surface area contributed by atoms with Gasteiger partial charge in [0.05, 0.1) is 13.2 Å². The SMILES string of the molecule is CN(CC(=O)NCC1(CO)CC1)C(=O)c1ccccc1. The molecular weight excluding hydrogens is 256 g/mol. The molecule has 0 unspecified atom stereocenters. The molecule has 0 saturated heterocycles. The number of aliphatic hydroxyl groups is 1. The number of nitrogens with zero attached hydrogens (tertiary/aromatic N) is 1. The number of nitrogens with one attached hydrogen (secondary N) is 1. The topological polar surface area (TPSA) is 69.6 Å². The Morgan fingerprint density at radius 3 is 2.50 bits per heavy atom. The maximum absolute atomic E-state index is 12.1. The molecule has 0 atom stereocenters. The first-order valence-electron chi connectivity index (χ1n) is 6.74. The summed E-state index contributed by atoms with van der Waals surface area (Å²) >= 11 is 0. The molecule has 1 saturated carbocycles. The lowest BCUT2D eigenvalue weighted by Crippen LogP contribution is -2.40. The zero-order chi connectivity index (χ0) is 14.6. The van der Waals surface area contributed by atoms with Crippen LogP contribution < -0.4 is 5.32 Å². The number of hydrogen-bond acceptors (Lipinski definition) is 3. The first kappa shape index (κ1) is 14.5. The van der Waals surface area contributed by atoms with Crippen molar-refractivity contribution in [3.05, 3.63) is 35.9 Å². The minimum Gasteiger partial charge on any atom is -0.396 e. The summed E-state index contributed by atoms with van der Waals surface area (Å²) in [5, 5.41) is 12.0. The summed E-state index contributed by atoms with van der Waals surface area (Å²) in [5.74, 6) is -0.374. The zero-order valence-electron chi connectivity index (χ0n) is 11.6. The van der Waals surface area contributed by atoms with E-state index < -0.39 is 0 Å². The van der Waals surface area contributed by atoms with Gasteiger partial charge in [-0.25, -0.2) is 0 Å². The molecule has 2 rings (SSSR count). The van der Waals surface area contributed by atoms with E-state index in [2.05, 4.69) is 5.32 Å². The molecule has 1 fully saturated rings. The Morgan fingerprint density at radius 1 is 1.30 bits per heavy atom. The zero-order valence-corrected chi connectivity index (χ0v) is 11.6. The molecule has 5 heteroatoms. The summed E-state index contributed by atoms with van der Waals surface area (Å²) in [6.07, 6.45) is 1.89. The second kappa shape index (κ2) is 6.05. The van der Waals surface area contributed by atoms with Crippen molar-refractivity contribution in [2.45, 2.75) is 12.8 Å². The van der Waals surface area contributed by atoms with Gasteiger partial charge >= 0.3 is 0 Å². The minimum atomic E-state index is -0.198. The summed E-state index contributed by atoms with van der Waals surface area (Å²) in [6, 6.07) is 8.87.